The number of nitrogens with zero attached hydrogens (tertiary/aromatic N) is 4. The molecule has 2 N–H and O–H groups in total. The molecule has 0 radical (unpaired) electrons. The van der Waals surface area contributed by atoms with E-state index in [1.54, 1.807) is 0 Å². The molecule has 2 amide bonds. The van der Waals surface area contributed by atoms with Gasteiger partial charge in [-0.15, -0.1) is 0 Å². The number of benzene rings is 4. The summed E-state index contributed by atoms with van der Waals surface area (Å²) in [6, 6.07) is 33.1. The van der Waals surface area contributed by atoms with Crippen LogP contribution in [-0.4, -0.2) is 64.3 Å². The van der Waals surface area contributed by atoms with Gasteiger partial charge in [-0.05, 0) is 147 Å². The Morgan fingerprint density at radius 1 is 0.764 bits per heavy atom. The predicted molar refractivity (Wildman–Crippen MR) is 218 cm³/mol. The summed E-state index contributed by atoms with van der Waals surface area (Å²) < 4.78 is 1.88. The molecule has 4 aliphatic rings. The minimum atomic E-state index is -0.377. The molecule has 1 aliphatic carbocycles. The number of phenols is 1. The molecule has 3 fully saturated rings. The highest BCUT2D eigenvalue weighted by atomic mass is 16.3. The first-order valence-electron chi connectivity index (χ1n) is 20.6. The number of carbonyl (C=O) groups excluding carboxylic acids is 2. The van der Waals surface area contributed by atoms with Crippen LogP contribution in [0.3, 0.4) is 0 Å². The molecule has 0 saturated carbocycles. The second-order valence-corrected chi connectivity index (χ2v) is 16.6. The Hall–Kier alpha value is -4.95. The van der Waals surface area contributed by atoms with Crippen LogP contribution in [-0.2, 0) is 23.1 Å². The third-order valence-corrected chi connectivity index (χ3v) is 13.4. The van der Waals surface area contributed by atoms with Crippen molar-refractivity contribution in [2.24, 2.45) is 13.0 Å². The molecule has 1 unspecified atom stereocenters. The maximum atomic E-state index is 12.6. The Labute approximate surface area is 324 Å². The molecule has 4 aromatic carbocycles. The Bertz CT molecular complexity index is 2160. The van der Waals surface area contributed by atoms with E-state index in [4.69, 9.17) is 5.10 Å². The van der Waals surface area contributed by atoms with Crippen molar-refractivity contribution in [2.45, 2.75) is 81.5 Å². The van der Waals surface area contributed by atoms with Crippen molar-refractivity contribution in [3.05, 3.63) is 125 Å². The number of imide groups is 1. The van der Waals surface area contributed by atoms with E-state index in [2.05, 4.69) is 94.0 Å². The van der Waals surface area contributed by atoms with Crippen molar-refractivity contribution in [2.75, 3.05) is 37.6 Å². The summed E-state index contributed by atoms with van der Waals surface area (Å²) >= 11 is 0. The van der Waals surface area contributed by atoms with Crippen molar-refractivity contribution in [1.29, 1.82) is 0 Å². The molecule has 1 aromatic heterocycles. The van der Waals surface area contributed by atoms with Crippen LogP contribution in [0.2, 0.25) is 0 Å². The molecule has 8 heteroatoms. The molecule has 0 spiro atoms. The number of nitrogens with one attached hydrogen (secondary N) is 1. The molecule has 3 atom stereocenters. The number of anilines is 1. The molecular weight excluding hydrogens is 683 g/mol. The Kier molecular flexibility index (Phi) is 9.94. The predicted octanol–water partition coefficient (Wildman–Crippen LogP) is 8.15. The average molecular weight is 736 g/mol. The summed E-state index contributed by atoms with van der Waals surface area (Å²) in [4.78, 5) is 29.5. The van der Waals surface area contributed by atoms with Gasteiger partial charge in [0.2, 0.25) is 11.8 Å². The van der Waals surface area contributed by atoms with E-state index in [-0.39, 0.29) is 17.7 Å². The fourth-order valence-electron chi connectivity index (χ4n) is 10.3. The summed E-state index contributed by atoms with van der Waals surface area (Å²) in [5.74, 6) is 1.65. The number of piperidine rings is 3. The Balaban J connectivity index is 0.771. The second-order valence-electron chi connectivity index (χ2n) is 16.6. The number of fused-ring (bicyclic) bond motifs is 2. The highest BCUT2D eigenvalue weighted by Crippen LogP contribution is 2.47. The van der Waals surface area contributed by atoms with E-state index in [0.29, 0.717) is 36.3 Å². The summed E-state index contributed by atoms with van der Waals surface area (Å²) in [6.07, 6.45) is 9.09. The minimum absolute atomic E-state index is 0.197. The maximum Gasteiger partial charge on any atom is 0.235 e. The lowest BCUT2D eigenvalue weighted by molar-refractivity contribution is -0.134. The van der Waals surface area contributed by atoms with Gasteiger partial charge in [0.15, 0.2) is 0 Å². The second kappa shape index (κ2) is 15.3. The number of amides is 2. The van der Waals surface area contributed by atoms with Crippen molar-refractivity contribution >= 4 is 28.4 Å². The van der Waals surface area contributed by atoms with Gasteiger partial charge in [0.1, 0.15) is 5.75 Å². The standard InChI is InChI=1S/C47H53N5O3/c1-50-43-30-37(12-15-41(43)46(49-50)42-17-18-44(54)48-47(42)55)52-27-20-31(21-28-52)19-24-51-25-22-33(23-26-51)32-7-9-35(10-8-32)45-39(34-5-3-2-4-6-34)14-11-36-29-38(53)13-16-40(36)45/h2-10,12-13,15-16,29-31,33,39,42,45,53H,11,14,17-28H2,1H3,(H,48,54,55)/t39-,42?,45+/m1/s1. The van der Waals surface area contributed by atoms with E-state index in [9.17, 15) is 14.7 Å². The summed E-state index contributed by atoms with van der Waals surface area (Å²) in [7, 11) is 1.94. The zero-order valence-corrected chi connectivity index (χ0v) is 32.0. The smallest absolute Gasteiger partial charge is 0.235 e. The highest BCUT2D eigenvalue weighted by Gasteiger charge is 2.34. The number of aryl methyl sites for hydroxylation is 2. The lowest BCUT2D eigenvalue weighted by Crippen LogP contribution is -2.39. The van der Waals surface area contributed by atoms with Gasteiger partial charge >= 0.3 is 0 Å². The SMILES string of the molecule is Cn1nc(C2CCC(=O)NC2=O)c2ccc(N3CCC(CCN4CCC(c5ccc([C@@H]6c7ccc(O)cc7CC[C@@H]6c6ccccc6)cc5)CC4)CC3)cc21. The van der Waals surface area contributed by atoms with Gasteiger partial charge in [-0.25, -0.2) is 0 Å². The van der Waals surface area contributed by atoms with Crippen molar-refractivity contribution < 1.29 is 14.7 Å². The minimum Gasteiger partial charge on any atom is -0.508 e. The molecule has 284 valence electrons. The van der Waals surface area contributed by atoms with Crippen molar-refractivity contribution in [3.8, 4) is 5.75 Å². The fraction of sp³-hybridized carbons (Fsp3) is 0.426. The third kappa shape index (κ3) is 7.29. The Morgan fingerprint density at radius 3 is 2.29 bits per heavy atom. The van der Waals surface area contributed by atoms with Gasteiger partial charge in [-0.1, -0.05) is 60.7 Å². The molecule has 9 rings (SSSR count). The molecule has 0 bridgehead atoms. The van der Waals surface area contributed by atoms with E-state index < -0.39 is 0 Å². The summed E-state index contributed by atoms with van der Waals surface area (Å²) in [5, 5.41) is 18.5. The van der Waals surface area contributed by atoms with Crippen LogP contribution in [0.15, 0.2) is 91.0 Å². The lowest BCUT2D eigenvalue weighted by atomic mass is 9.69. The number of hydrogen-bond donors (Lipinski definition) is 2. The van der Waals surface area contributed by atoms with Gasteiger partial charge in [-0.2, -0.15) is 5.10 Å². The Morgan fingerprint density at radius 2 is 1.53 bits per heavy atom. The van der Waals surface area contributed by atoms with Crippen LogP contribution in [0.25, 0.3) is 10.9 Å². The molecule has 55 heavy (non-hydrogen) atoms. The summed E-state index contributed by atoms with van der Waals surface area (Å²) in [6.45, 7) is 5.66. The molecular formula is C47H53N5O3. The lowest BCUT2D eigenvalue weighted by Gasteiger charge is -2.36. The van der Waals surface area contributed by atoms with Crippen LogP contribution in [0.4, 0.5) is 5.69 Å². The molecule has 3 aliphatic heterocycles. The van der Waals surface area contributed by atoms with Crippen LogP contribution in [0.5, 0.6) is 5.75 Å². The largest absolute Gasteiger partial charge is 0.508 e. The number of phenolic OH excluding ortho intramolecular Hbond substituents is 1. The van der Waals surface area contributed by atoms with Crippen molar-refractivity contribution in [3.63, 3.8) is 0 Å². The topological polar surface area (TPSA) is 90.7 Å². The molecule has 3 saturated heterocycles. The zero-order chi connectivity index (χ0) is 37.5. The van der Waals surface area contributed by atoms with E-state index >= 15 is 0 Å². The third-order valence-electron chi connectivity index (χ3n) is 13.4. The molecule has 5 aromatic rings. The number of likely N-dealkylation sites (tertiary alicyclic amines) is 1. The monoisotopic (exact) mass is 735 g/mol. The first-order chi connectivity index (χ1) is 26.9. The quantitative estimate of drug-likeness (QED) is 0.157. The van der Waals surface area contributed by atoms with Crippen LogP contribution in [0, 0.1) is 5.92 Å². The molecule has 4 heterocycles. The number of aromatic nitrogens is 2. The zero-order valence-electron chi connectivity index (χ0n) is 32.0. The summed E-state index contributed by atoms with van der Waals surface area (Å²) in [5.41, 5.74) is 9.93. The maximum absolute atomic E-state index is 12.6. The number of rotatable bonds is 8. The number of hydrogen-bond acceptors (Lipinski definition) is 6. The first kappa shape index (κ1) is 35.7. The number of carbonyl (C=O) groups is 2. The van der Waals surface area contributed by atoms with Gasteiger partial charge in [0.25, 0.3) is 0 Å². The average Bonchev–Trinajstić information content (AvgIpc) is 3.55. The highest BCUT2D eigenvalue weighted by molar-refractivity contribution is 6.02. The first-order valence-corrected chi connectivity index (χ1v) is 20.6. The van der Waals surface area contributed by atoms with Gasteiger partial charge < -0.3 is 14.9 Å². The normalized spacial score (nSPS) is 22.9. The van der Waals surface area contributed by atoms with Gasteiger partial charge in [-0.3, -0.25) is 19.6 Å². The number of aromatic hydroxyl groups is 1. The van der Waals surface area contributed by atoms with E-state index in [1.165, 1.54) is 85.2 Å². The molecule has 8 nitrogen and oxygen atoms in total. The van der Waals surface area contributed by atoms with Crippen molar-refractivity contribution in [1.82, 2.24) is 20.0 Å². The fourth-order valence-corrected chi connectivity index (χ4v) is 10.3. The van der Waals surface area contributed by atoms with E-state index in [1.807, 2.05) is 23.9 Å². The van der Waals surface area contributed by atoms with Gasteiger partial charge in [0.05, 0.1) is 17.1 Å². The van der Waals surface area contributed by atoms with Gasteiger partial charge in [0, 0.05) is 43.5 Å². The van der Waals surface area contributed by atoms with E-state index in [0.717, 1.165) is 48.4 Å². The van der Waals surface area contributed by atoms with Crippen LogP contribution < -0.4 is 10.2 Å². The van der Waals surface area contributed by atoms with Crippen LogP contribution >= 0.6 is 0 Å². The van der Waals surface area contributed by atoms with Crippen LogP contribution in [0.1, 0.15) is 109 Å².